The lowest BCUT2D eigenvalue weighted by atomic mass is 10.1. The van der Waals surface area contributed by atoms with Gasteiger partial charge in [-0.2, -0.15) is 5.26 Å². The first-order chi connectivity index (χ1) is 8.61. The van der Waals surface area contributed by atoms with E-state index in [1.807, 2.05) is 6.07 Å². The van der Waals surface area contributed by atoms with E-state index in [-0.39, 0.29) is 11.4 Å². The number of nitriles is 1. The first-order valence-corrected chi connectivity index (χ1v) is 6.22. The minimum atomic E-state index is -0.369. The lowest BCUT2D eigenvalue weighted by Gasteiger charge is -2.37. The number of benzene rings is 1. The molecule has 0 bridgehead atoms. The molecule has 4 heteroatoms. The molecular formula is C14H18FN3. The van der Waals surface area contributed by atoms with E-state index in [9.17, 15) is 4.39 Å². The van der Waals surface area contributed by atoms with Crippen molar-refractivity contribution < 1.29 is 4.39 Å². The van der Waals surface area contributed by atoms with Crippen molar-refractivity contribution in [2.45, 2.75) is 19.5 Å². The molecule has 0 aliphatic carbocycles. The second-order valence-corrected chi connectivity index (χ2v) is 4.96. The Bertz CT molecular complexity index is 467. The second kappa shape index (κ2) is 5.47. The third kappa shape index (κ3) is 2.69. The molecule has 1 aromatic carbocycles. The van der Waals surface area contributed by atoms with Gasteiger partial charge in [0.1, 0.15) is 11.9 Å². The molecule has 1 aliphatic rings. The van der Waals surface area contributed by atoms with Gasteiger partial charge in [0, 0.05) is 37.8 Å². The van der Waals surface area contributed by atoms with Gasteiger partial charge >= 0.3 is 0 Å². The summed E-state index contributed by atoms with van der Waals surface area (Å²) in [6.07, 6.45) is 0. The molecule has 2 rings (SSSR count). The summed E-state index contributed by atoms with van der Waals surface area (Å²) in [5.74, 6) is -0.369. The summed E-state index contributed by atoms with van der Waals surface area (Å²) in [4.78, 5) is 4.54. The number of nitrogens with zero attached hydrogens (tertiary/aromatic N) is 3. The maximum atomic E-state index is 13.9. The molecule has 0 spiro atoms. The Labute approximate surface area is 107 Å². The Morgan fingerprint density at radius 3 is 2.89 bits per heavy atom. The fourth-order valence-corrected chi connectivity index (χ4v) is 2.30. The monoisotopic (exact) mass is 247 g/mol. The zero-order valence-electron chi connectivity index (χ0n) is 10.9. The molecule has 1 unspecified atom stereocenters. The van der Waals surface area contributed by atoms with Crippen LogP contribution in [0.15, 0.2) is 18.2 Å². The Kier molecular flexibility index (Phi) is 3.95. The Morgan fingerprint density at radius 1 is 1.44 bits per heavy atom. The molecule has 1 aliphatic heterocycles. The van der Waals surface area contributed by atoms with Crippen LogP contribution < -0.4 is 0 Å². The van der Waals surface area contributed by atoms with Crippen LogP contribution in [0.4, 0.5) is 4.39 Å². The van der Waals surface area contributed by atoms with Crippen LogP contribution in [0.2, 0.25) is 0 Å². The van der Waals surface area contributed by atoms with Gasteiger partial charge in [-0.15, -0.1) is 0 Å². The molecule has 0 saturated carbocycles. The molecule has 96 valence electrons. The second-order valence-electron chi connectivity index (χ2n) is 4.96. The topological polar surface area (TPSA) is 30.3 Å². The minimum Gasteiger partial charge on any atom is -0.301 e. The van der Waals surface area contributed by atoms with Crippen LogP contribution in [0, 0.1) is 17.1 Å². The number of hydrogen-bond donors (Lipinski definition) is 0. The van der Waals surface area contributed by atoms with Crippen molar-refractivity contribution in [3.8, 4) is 6.07 Å². The third-order valence-corrected chi connectivity index (χ3v) is 3.64. The van der Waals surface area contributed by atoms with Crippen molar-refractivity contribution in [3.63, 3.8) is 0 Å². The van der Waals surface area contributed by atoms with Crippen LogP contribution in [-0.4, -0.2) is 42.5 Å². The van der Waals surface area contributed by atoms with Crippen molar-refractivity contribution in [2.75, 3.05) is 26.7 Å². The molecule has 0 amide bonds. The van der Waals surface area contributed by atoms with Gasteiger partial charge in [-0.1, -0.05) is 12.1 Å². The van der Waals surface area contributed by atoms with Crippen LogP contribution in [0.5, 0.6) is 0 Å². The largest absolute Gasteiger partial charge is 0.301 e. The first kappa shape index (κ1) is 13.0. The molecule has 0 aromatic heterocycles. The zero-order valence-corrected chi connectivity index (χ0v) is 10.9. The quantitative estimate of drug-likeness (QED) is 0.798. The standard InChI is InChI=1S/C14H18FN3/c1-11-9-18(7-6-17(11)2)10-13-5-3-4-12(8-16)14(13)15/h3-5,11H,6-7,9-10H2,1-2H3. The fourth-order valence-electron chi connectivity index (χ4n) is 2.30. The fraction of sp³-hybridized carbons (Fsp3) is 0.500. The molecule has 3 nitrogen and oxygen atoms in total. The smallest absolute Gasteiger partial charge is 0.145 e. The van der Waals surface area contributed by atoms with E-state index in [2.05, 4.69) is 23.8 Å². The zero-order chi connectivity index (χ0) is 13.1. The third-order valence-electron chi connectivity index (χ3n) is 3.64. The van der Waals surface area contributed by atoms with E-state index < -0.39 is 0 Å². The van der Waals surface area contributed by atoms with E-state index in [1.54, 1.807) is 12.1 Å². The summed E-state index contributed by atoms with van der Waals surface area (Å²) in [5.41, 5.74) is 0.750. The Morgan fingerprint density at radius 2 is 2.22 bits per heavy atom. The highest BCUT2D eigenvalue weighted by Gasteiger charge is 2.21. The number of piperazine rings is 1. The van der Waals surface area contributed by atoms with E-state index in [4.69, 9.17) is 5.26 Å². The number of halogens is 1. The molecule has 0 radical (unpaired) electrons. The predicted octanol–water partition coefficient (Wildman–Crippen LogP) is 1.83. The molecule has 1 aromatic rings. The number of hydrogen-bond acceptors (Lipinski definition) is 3. The lowest BCUT2D eigenvalue weighted by molar-refractivity contribution is 0.0991. The van der Waals surface area contributed by atoms with Crippen molar-refractivity contribution in [1.29, 1.82) is 5.26 Å². The summed E-state index contributed by atoms with van der Waals surface area (Å²) < 4.78 is 13.9. The Balaban J connectivity index is 2.09. The SMILES string of the molecule is CC1CN(Cc2cccc(C#N)c2F)CCN1C. The summed E-state index contributed by atoms with van der Waals surface area (Å²) in [7, 11) is 2.11. The average molecular weight is 247 g/mol. The van der Waals surface area contributed by atoms with Crippen molar-refractivity contribution in [2.24, 2.45) is 0 Å². The van der Waals surface area contributed by atoms with Gasteiger partial charge in [-0.3, -0.25) is 4.90 Å². The highest BCUT2D eigenvalue weighted by molar-refractivity contribution is 5.34. The molecule has 1 heterocycles. The first-order valence-electron chi connectivity index (χ1n) is 6.22. The van der Waals surface area contributed by atoms with Crippen molar-refractivity contribution in [1.82, 2.24) is 9.80 Å². The highest BCUT2D eigenvalue weighted by atomic mass is 19.1. The van der Waals surface area contributed by atoms with Crippen LogP contribution >= 0.6 is 0 Å². The van der Waals surface area contributed by atoms with Crippen LogP contribution in [0.25, 0.3) is 0 Å². The molecule has 1 saturated heterocycles. The molecule has 1 atom stereocenters. The van der Waals surface area contributed by atoms with E-state index in [0.717, 1.165) is 19.6 Å². The summed E-state index contributed by atoms with van der Waals surface area (Å²) in [6, 6.07) is 7.40. The van der Waals surface area contributed by atoms with Crippen molar-refractivity contribution in [3.05, 3.63) is 35.1 Å². The molecule has 1 fully saturated rings. The van der Waals surface area contributed by atoms with Gasteiger partial charge in [0.05, 0.1) is 5.56 Å². The Hall–Kier alpha value is -1.44. The number of rotatable bonds is 2. The minimum absolute atomic E-state index is 0.134. The number of likely N-dealkylation sites (N-methyl/N-ethyl adjacent to an activating group) is 1. The lowest BCUT2D eigenvalue weighted by Crippen LogP contribution is -2.49. The normalized spacial score (nSPS) is 21.8. The maximum absolute atomic E-state index is 13.9. The molecule has 0 N–H and O–H groups in total. The van der Waals surface area contributed by atoms with Gasteiger partial charge in [0.25, 0.3) is 0 Å². The average Bonchev–Trinajstić information content (AvgIpc) is 2.36. The molecule has 18 heavy (non-hydrogen) atoms. The van der Waals surface area contributed by atoms with E-state index >= 15 is 0 Å². The van der Waals surface area contributed by atoms with Gasteiger partial charge in [-0.05, 0) is 20.0 Å². The van der Waals surface area contributed by atoms with Gasteiger partial charge in [-0.25, -0.2) is 4.39 Å². The van der Waals surface area contributed by atoms with Gasteiger partial charge in [0.2, 0.25) is 0 Å². The summed E-state index contributed by atoms with van der Waals surface area (Å²) in [5, 5.41) is 8.82. The predicted molar refractivity (Wildman–Crippen MR) is 68.5 cm³/mol. The van der Waals surface area contributed by atoms with E-state index in [1.165, 1.54) is 6.07 Å². The summed E-state index contributed by atoms with van der Waals surface area (Å²) >= 11 is 0. The van der Waals surface area contributed by atoms with Gasteiger partial charge < -0.3 is 4.90 Å². The van der Waals surface area contributed by atoms with E-state index in [0.29, 0.717) is 18.2 Å². The van der Waals surface area contributed by atoms with Crippen molar-refractivity contribution >= 4 is 0 Å². The summed E-state index contributed by atoms with van der Waals surface area (Å²) in [6.45, 7) is 5.64. The maximum Gasteiger partial charge on any atom is 0.145 e. The van der Waals surface area contributed by atoms with Crippen LogP contribution in [0.1, 0.15) is 18.1 Å². The van der Waals surface area contributed by atoms with Crippen LogP contribution in [-0.2, 0) is 6.54 Å². The van der Waals surface area contributed by atoms with Crippen LogP contribution in [0.3, 0.4) is 0 Å². The molecular weight excluding hydrogens is 229 g/mol. The van der Waals surface area contributed by atoms with Gasteiger partial charge in [0.15, 0.2) is 0 Å². The highest BCUT2D eigenvalue weighted by Crippen LogP contribution is 2.16.